The fourth-order valence-electron chi connectivity index (χ4n) is 2.66. The van der Waals surface area contributed by atoms with Crippen LogP contribution < -0.4 is 20.1 Å². The van der Waals surface area contributed by atoms with E-state index >= 15 is 0 Å². The number of methoxy groups -OCH3 is 1. The maximum Gasteiger partial charge on any atom is 0.119 e. The van der Waals surface area contributed by atoms with E-state index in [1.54, 1.807) is 7.11 Å². The van der Waals surface area contributed by atoms with Gasteiger partial charge in [-0.2, -0.15) is 0 Å². The van der Waals surface area contributed by atoms with Gasteiger partial charge >= 0.3 is 0 Å². The molecular weight excluding hydrogens is 324 g/mol. The quantitative estimate of drug-likeness (QED) is 0.503. The van der Waals surface area contributed by atoms with Crippen LogP contribution in [0.1, 0.15) is 38.2 Å². The highest BCUT2D eigenvalue weighted by molar-refractivity contribution is 5.46. The molecule has 142 valence electrons. The minimum absolute atomic E-state index is 0.808. The van der Waals surface area contributed by atoms with Gasteiger partial charge in [0.15, 0.2) is 0 Å². The number of nitrogens with one attached hydrogen (secondary N) is 2. The Morgan fingerprint density at radius 1 is 0.808 bits per heavy atom. The van der Waals surface area contributed by atoms with E-state index in [1.807, 2.05) is 24.3 Å². The number of hydrogen-bond acceptors (Lipinski definition) is 4. The maximum absolute atomic E-state index is 5.77. The van der Waals surface area contributed by atoms with Crippen molar-refractivity contribution in [2.45, 2.75) is 39.2 Å². The lowest BCUT2D eigenvalue weighted by atomic mass is 10.2. The number of rotatable bonds is 13. The zero-order valence-electron chi connectivity index (χ0n) is 16.1. The van der Waals surface area contributed by atoms with Crippen molar-refractivity contribution < 1.29 is 9.47 Å². The van der Waals surface area contributed by atoms with E-state index in [4.69, 9.17) is 9.47 Å². The summed E-state index contributed by atoms with van der Waals surface area (Å²) >= 11 is 0. The van der Waals surface area contributed by atoms with Crippen molar-refractivity contribution in [2.24, 2.45) is 0 Å². The van der Waals surface area contributed by atoms with E-state index in [9.17, 15) is 0 Å². The number of anilines is 1. The topological polar surface area (TPSA) is 42.5 Å². The SMILES string of the molecule is CCCCCCOc1ccc(NCCNCc2ccc(OC)cc2)cc1. The third kappa shape index (κ3) is 7.79. The molecule has 2 rings (SSSR count). The number of benzene rings is 2. The predicted molar refractivity (Wildman–Crippen MR) is 109 cm³/mol. The Balaban J connectivity index is 1.57. The Labute approximate surface area is 157 Å². The monoisotopic (exact) mass is 356 g/mol. The molecule has 0 spiro atoms. The third-order valence-corrected chi connectivity index (χ3v) is 4.24. The fourth-order valence-corrected chi connectivity index (χ4v) is 2.66. The van der Waals surface area contributed by atoms with Crippen molar-refractivity contribution in [1.82, 2.24) is 5.32 Å². The molecule has 2 N–H and O–H groups in total. The second kappa shape index (κ2) is 12.2. The lowest BCUT2D eigenvalue weighted by molar-refractivity contribution is 0.305. The van der Waals surface area contributed by atoms with Crippen LogP contribution in [0.15, 0.2) is 48.5 Å². The van der Waals surface area contributed by atoms with E-state index in [0.29, 0.717) is 0 Å². The molecule has 0 amide bonds. The van der Waals surface area contributed by atoms with Crippen LogP contribution in [0, 0.1) is 0 Å². The van der Waals surface area contributed by atoms with Crippen molar-refractivity contribution in [3.8, 4) is 11.5 Å². The van der Waals surface area contributed by atoms with Crippen molar-refractivity contribution in [1.29, 1.82) is 0 Å². The minimum Gasteiger partial charge on any atom is -0.497 e. The van der Waals surface area contributed by atoms with Crippen molar-refractivity contribution in [3.05, 3.63) is 54.1 Å². The van der Waals surface area contributed by atoms with Gasteiger partial charge in [0.25, 0.3) is 0 Å². The summed E-state index contributed by atoms with van der Waals surface area (Å²) in [6.45, 7) is 5.68. The summed E-state index contributed by atoms with van der Waals surface area (Å²) in [6.07, 6.45) is 4.93. The molecule has 0 saturated carbocycles. The van der Waals surface area contributed by atoms with E-state index in [-0.39, 0.29) is 0 Å². The van der Waals surface area contributed by atoms with E-state index in [2.05, 4.69) is 41.8 Å². The summed E-state index contributed by atoms with van der Waals surface area (Å²) in [6, 6.07) is 16.4. The number of ether oxygens (including phenoxy) is 2. The third-order valence-electron chi connectivity index (χ3n) is 4.24. The molecule has 0 aliphatic carbocycles. The summed E-state index contributed by atoms with van der Waals surface area (Å²) in [4.78, 5) is 0. The molecule has 4 heteroatoms. The Morgan fingerprint density at radius 2 is 1.54 bits per heavy atom. The number of hydrogen-bond donors (Lipinski definition) is 2. The molecule has 0 saturated heterocycles. The van der Waals surface area contributed by atoms with Crippen LogP contribution >= 0.6 is 0 Å². The molecule has 2 aromatic carbocycles. The molecule has 0 unspecified atom stereocenters. The zero-order valence-corrected chi connectivity index (χ0v) is 16.1. The second-order valence-electron chi connectivity index (χ2n) is 6.39. The normalized spacial score (nSPS) is 10.5. The molecule has 0 aromatic heterocycles. The molecule has 0 heterocycles. The first kappa shape index (κ1) is 20.1. The molecule has 2 aromatic rings. The highest BCUT2D eigenvalue weighted by atomic mass is 16.5. The maximum atomic E-state index is 5.77. The van der Waals surface area contributed by atoms with Gasteiger partial charge in [0.1, 0.15) is 11.5 Å². The first-order valence-electron chi connectivity index (χ1n) is 9.62. The molecule has 0 aliphatic rings. The lowest BCUT2D eigenvalue weighted by Crippen LogP contribution is -2.21. The first-order valence-corrected chi connectivity index (χ1v) is 9.62. The Morgan fingerprint density at radius 3 is 2.23 bits per heavy atom. The fraction of sp³-hybridized carbons (Fsp3) is 0.455. The van der Waals surface area contributed by atoms with Crippen LogP contribution in [0.4, 0.5) is 5.69 Å². The van der Waals surface area contributed by atoms with Gasteiger partial charge in [-0.3, -0.25) is 0 Å². The van der Waals surface area contributed by atoms with Gasteiger partial charge in [-0.1, -0.05) is 38.3 Å². The van der Waals surface area contributed by atoms with Gasteiger partial charge in [-0.15, -0.1) is 0 Å². The first-order chi connectivity index (χ1) is 12.8. The van der Waals surface area contributed by atoms with Crippen molar-refractivity contribution in [3.63, 3.8) is 0 Å². The standard InChI is InChI=1S/C22H32N2O2/c1-3-4-5-6-17-26-22-13-9-20(10-14-22)24-16-15-23-18-19-7-11-21(25-2)12-8-19/h7-14,23-24H,3-6,15-18H2,1-2H3. The van der Waals surface area contributed by atoms with Crippen LogP contribution in [-0.2, 0) is 6.54 Å². The molecule has 26 heavy (non-hydrogen) atoms. The smallest absolute Gasteiger partial charge is 0.119 e. The van der Waals surface area contributed by atoms with Crippen molar-refractivity contribution in [2.75, 3.05) is 32.1 Å². The zero-order chi connectivity index (χ0) is 18.5. The number of unbranched alkanes of at least 4 members (excludes halogenated alkanes) is 3. The van der Waals surface area contributed by atoms with Crippen molar-refractivity contribution >= 4 is 5.69 Å². The average Bonchev–Trinajstić information content (AvgIpc) is 2.69. The van der Waals surface area contributed by atoms with Crippen LogP contribution in [-0.4, -0.2) is 26.8 Å². The van der Waals surface area contributed by atoms with E-state index in [0.717, 1.165) is 49.8 Å². The molecule has 0 radical (unpaired) electrons. The van der Waals surface area contributed by atoms with Crippen LogP contribution in [0.25, 0.3) is 0 Å². The largest absolute Gasteiger partial charge is 0.497 e. The average molecular weight is 357 g/mol. The molecule has 0 aliphatic heterocycles. The van der Waals surface area contributed by atoms with E-state index < -0.39 is 0 Å². The van der Waals surface area contributed by atoms with Gasteiger partial charge in [0.2, 0.25) is 0 Å². The summed E-state index contributed by atoms with van der Waals surface area (Å²) in [7, 11) is 1.69. The lowest BCUT2D eigenvalue weighted by Gasteiger charge is -2.10. The Kier molecular flexibility index (Phi) is 9.44. The van der Waals surface area contributed by atoms with Crippen LogP contribution in [0.3, 0.4) is 0 Å². The summed E-state index contributed by atoms with van der Waals surface area (Å²) in [5.41, 5.74) is 2.38. The van der Waals surface area contributed by atoms with Crippen LogP contribution in [0.5, 0.6) is 11.5 Å². The van der Waals surface area contributed by atoms with Gasteiger partial charge in [0.05, 0.1) is 13.7 Å². The second-order valence-corrected chi connectivity index (χ2v) is 6.39. The molecule has 4 nitrogen and oxygen atoms in total. The highest BCUT2D eigenvalue weighted by Gasteiger charge is 1.97. The summed E-state index contributed by atoms with van der Waals surface area (Å²) in [5, 5.41) is 6.86. The van der Waals surface area contributed by atoms with Gasteiger partial charge in [0, 0.05) is 25.3 Å². The molecule has 0 atom stereocenters. The van der Waals surface area contributed by atoms with Gasteiger partial charge < -0.3 is 20.1 Å². The predicted octanol–water partition coefficient (Wildman–Crippen LogP) is 4.86. The van der Waals surface area contributed by atoms with Crippen LogP contribution in [0.2, 0.25) is 0 Å². The minimum atomic E-state index is 0.808. The Bertz CT molecular complexity index is 597. The molecule has 0 fully saturated rings. The van der Waals surface area contributed by atoms with Gasteiger partial charge in [-0.05, 0) is 48.4 Å². The Hall–Kier alpha value is -2.20. The molecular formula is C22H32N2O2. The summed E-state index contributed by atoms with van der Waals surface area (Å²) < 4.78 is 10.9. The highest BCUT2D eigenvalue weighted by Crippen LogP contribution is 2.16. The molecule has 0 bridgehead atoms. The van der Waals surface area contributed by atoms with Gasteiger partial charge in [-0.25, -0.2) is 0 Å². The summed E-state index contributed by atoms with van der Waals surface area (Å²) in [5.74, 6) is 1.84. The van der Waals surface area contributed by atoms with E-state index in [1.165, 1.54) is 24.8 Å².